The predicted octanol–water partition coefficient (Wildman–Crippen LogP) is 2.54. The topological polar surface area (TPSA) is 40.5 Å². The maximum Gasteiger partial charge on any atom is 0.325 e. The molecule has 0 spiro atoms. The highest BCUT2D eigenvalue weighted by atomic mass is 16.4. The molecule has 0 aromatic heterocycles. The SMILES string of the molecule is C=C(CC)[C@@H](C(=O)O)N(C)Cc1ccccc1. The molecule has 0 heterocycles. The molecule has 0 aliphatic carbocycles. The Morgan fingerprint density at radius 1 is 1.41 bits per heavy atom. The lowest BCUT2D eigenvalue weighted by atomic mass is 10.0. The summed E-state index contributed by atoms with van der Waals surface area (Å²) in [6.45, 7) is 6.37. The van der Waals surface area contributed by atoms with Gasteiger partial charge in [0.05, 0.1) is 0 Å². The van der Waals surface area contributed by atoms with Gasteiger partial charge in [-0.2, -0.15) is 0 Å². The van der Waals surface area contributed by atoms with E-state index in [1.165, 1.54) is 0 Å². The monoisotopic (exact) mass is 233 g/mol. The van der Waals surface area contributed by atoms with Crippen molar-refractivity contribution >= 4 is 5.97 Å². The minimum absolute atomic E-state index is 0.608. The van der Waals surface area contributed by atoms with Crippen molar-refractivity contribution in [3.8, 4) is 0 Å². The van der Waals surface area contributed by atoms with Gasteiger partial charge < -0.3 is 5.11 Å². The molecule has 1 aromatic rings. The maximum atomic E-state index is 11.2. The number of hydrogen-bond donors (Lipinski definition) is 1. The average Bonchev–Trinajstić information content (AvgIpc) is 2.29. The molecular formula is C14H19NO2. The first-order valence-electron chi connectivity index (χ1n) is 5.71. The van der Waals surface area contributed by atoms with E-state index in [1.54, 1.807) is 0 Å². The first-order chi connectivity index (χ1) is 8.06. The lowest BCUT2D eigenvalue weighted by Crippen LogP contribution is -2.39. The molecule has 0 saturated carbocycles. The van der Waals surface area contributed by atoms with E-state index in [1.807, 2.05) is 49.2 Å². The molecule has 0 radical (unpaired) electrons. The Morgan fingerprint density at radius 3 is 2.47 bits per heavy atom. The number of benzene rings is 1. The van der Waals surface area contributed by atoms with Crippen LogP contribution in [0.15, 0.2) is 42.5 Å². The maximum absolute atomic E-state index is 11.2. The number of carbonyl (C=O) groups is 1. The first-order valence-corrected chi connectivity index (χ1v) is 5.71. The van der Waals surface area contributed by atoms with Gasteiger partial charge in [-0.3, -0.25) is 9.69 Å². The van der Waals surface area contributed by atoms with Crippen molar-refractivity contribution in [1.82, 2.24) is 4.90 Å². The molecule has 1 N–H and O–H groups in total. The third-order valence-corrected chi connectivity index (χ3v) is 2.79. The Labute approximate surface area is 102 Å². The molecule has 3 heteroatoms. The first kappa shape index (κ1) is 13.5. The summed E-state index contributed by atoms with van der Waals surface area (Å²) in [5.74, 6) is -0.838. The van der Waals surface area contributed by atoms with Crippen LogP contribution in [0.4, 0.5) is 0 Å². The van der Waals surface area contributed by atoms with Gasteiger partial charge in [-0.15, -0.1) is 0 Å². The fraction of sp³-hybridized carbons (Fsp3) is 0.357. The average molecular weight is 233 g/mol. The van der Waals surface area contributed by atoms with E-state index in [2.05, 4.69) is 6.58 Å². The standard InChI is InChI=1S/C14H19NO2/c1-4-11(2)13(14(16)17)15(3)10-12-8-6-5-7-9-12/h5-9,13H,2,4,10H2,1,3H3,(H,16,17)/t13-/m0/s1. The zero-order chi connectivity index (χ0) is 12.8. The van der Waals surface area contributed by atoms with Gasteiger partial charge in [-0.05, 0) is 24.6 Å². The van der Waals surface area contributed by atoms with Crippen molar-refractivity contribution in [1.29, 1.82) is 0 Å². The van der Waals surface area contributed by atoms with Crippen LogP contribution in [-0.2, 0) is 11.3 Å². The minimum atomic E-state index is -0.838. The van der Waals surface area contributed by atoms with Crippen molar-refractivity contribution < 1.29 is 9.90 Å². The van der Waals surface area contributed by atoms with E-state index < -0.39 is 12.0 Å². The number of rotatable bonds is 6. The summed E-state index contributed by atoms with van der Waals surface area (Å²) in [7, 11) is 1.81. The highest BCUT2D eigenvalue weighted by molar-refractivity contribution is 5.77. The van der Waals surface area contributed by atoms with Gasteiger partial charge in [0.1, 0.15) is 6.04 Å². The fourth-order valence-electron chi connectivity index (χ4n) is 1.83. The van der Waals surface area contributed by atoms with E-state index in [-0.39, 0.29) is 0 Å². The number of carboxylic acids is 1. The van der Waals surface area contributed by atoms with Gasteiger partial charge in [0.15, 0.2) is 0 Å². The van der Waals surface area contributed by atoms with Gasteiger partial charge in [0, 0.05) is 6.54 Å². The molecule has 3 nitrogen and oxygen atoms in total. The predicted molar refractivity (Wildman–Crippen MR) is 68.8 cm³/mol. The summed E-state index contributed by atoms with van der Waals surface area (Å²) >= 11 is 0. The van der Waals surface area contributed by atoms with E-state index in [9.17, 15) is 9.90 Å². The summed E-state index contributed by atoms with van der Waals surface area (Å²) < 4.78 is 0. The number of aliphatic carboxylic acids is 1. The summed E-state index contributed by atoms with van der Waals surface area (Å²) in [6.07, 6.45) is 0.677. The molecular weight excluding hydrogens is 214 g/mol. The minimum Gasteiger partial charge on any atom is -0.480 e. The Kier molecular flexibility index (Phi) is 4.91. The van der Waals surface area contributed by atoms with E-state index in [4.69, 9.17) is 0 Å². The molecule has 0 unspecified atom stereocenters. The second-order valence-electron chi connectivity index (χ2n) is 4.15. The molecule has 0 aliphatic rings. The molecule has 0 aliphatic heterocycles. The van der Waals surface area contributed by atoms with Crippen LogP contribution in [0.5, 0.6) is 0 Å². The van der Waals surface area contributed by atoms with Crippen LogP contribution < -0.4 is 0 Å². The normalized spacial score (nSPS) is 12.4. The number of hydrogen-bond acceptors (Lipinski definition) is 2. The van der Waals surface area contributed by atoms with Crippen LogP contribution in [-0.4, -0.2) is 29.1 Å². The van der Waals surface area contributed by atoms with E-state index in [0.717, 1.165) is 11.1 Å². The van der Waals surface area contributed by atoms with Gasteiger partial charge >= 0.3 is 5.97 Å². The quantitative estimate of drug-likeness (QED) is 0.768. The van der Waals surface area contributed by atoms with Crippen molar-refractivity contribution in [3.63, 3.8) is 0 Å². The third-order valence-electron chi connectivity index (χ3n) is 2.79. The molecule has 0 fully saturated rings. The molecule has 0 saturated heterocycles. The number of carboxylic acid groups (broad SMARTS) is 1. The zero-order valence-corrected chi connectivity index (χ0v) is 10.4. The van der Waals surface area contributed by atoms with Crippen molar-refractivity contribution in [2.45, 2.75) is 25.9 Å². The zero-order valence-electron chi connectivity index (χ0n) is 10.4. The molecule has 1 aromatic carbocycles. The van der Waals surface area contributed by atoms with Crippen molar-refractivity contribution in [3.05, 3.63) is 48.0 Å². The Balaban J connectivity index is 2.76. The molecule has 17 heavy (non-hydrogen) atoms. The van der Waals surface area contributed by atoms with Crippen molar-refractivity contribution in [2.24, 2.45) is 0 Å². The molecule has 1 atom stereocenters. The summed E-state index contributed by atoms with van der Waals surface area (Å²) in [6, 6.07) is 9.22. The van der Waals surface area contributed by atoms with Crippen LogP contribution in [0.25, 0.3) is 0 Å². The van der Waals surface area contributed by atoms with E-state index >= 15 is 0 Å². The molecule has 0 bridgehead atoms. The van der Waals surface area contributed by atoms with Gasteiger partial charge in [-0.25, -0.2) is 0 Å². The lowest BCUT2D eigenvalue weighted by Gasteiger charge is -2.25. The second kappa shape index (κ2) is 6.21. The van der Waals surface area contributed by atoms with Gasteiger partial charge in [-0.1, -0.05) is 43.8 Å². The Morgan fingerprint density at radius 2 is 2.00 bits per heavy atom. The molecule has 92 valence electrons. The van der Waals surface area contributed by atoms with Gasteiger partial charge in [0.2, 0.25) is 0 Å². The summed E-state index contributed by atoms with van der Waals surface area (Å²) in [5.41, 5.74) is 1.83. The number of likely N-dealkylation sites (N-methyl/N-ethyl adjacent to an activating group) is 1. The van der Waals surface area contributed by atoms with Crippen molar-refractivity contribution in [2.75, 3.05) is 7.05 Å². The largest absolute Gasteiger partial charge is 0.480 e. The smallest absolute Gasteiger partial charge is 0.325 e. The van der Waals surface area contributed by atoms with E-state index in [0.29, 0.717) is 13.0 Å². The van der Waals surface area contributed by atoms with Gasteiger partial charge in [0.25, 0.3) is 0 Å². The Bertz CT molecular complexity index is 386. The Hall–Kier alpha value is -1.61. The second-order valence-corrected chi connectivity index (χ2v) is 4.15. The highest BCUT2D eigenvalue weighted by Crippen LogP contribution is 2.14. The number of nitrogens with zero attached hydrogens (tertiary/aromatic N) is 1. The lowest BCUT2D eigenvalue weighted by molar-refractivity contribution is -0.141. The molecule has 1 rings (SSSR count). The van der Waals surface area contributed by atoms with Crippen LogP contribution in [0.1, 0.15) is 18.9 Å². The molecule has 0 amide bonds. The third kappa shape index (κ3) is 3.71. The summed E-state index contributed by atoms with van der Waals surface area (Å²) in [5, 5.41) is 9.22. The fourth-order valence-corrected chi connectivity index (χ4v) is 1.83. The van der Waals surface area contributed by atoms with Crippen LogP contribution in [0, 0.1) is 0 Å². The van der Waals surface area contributed by atoms with Crippen LogP contribution in [0.3, 0.4) is 0 Å². The summed E-state index contributed by atoms with van der Waals surface area (Å²) in [4.78, 5) is 13.0. The van der Waals surface area contributed by atoms with Crippen LogP contribution >= 0.6 is 0 Å². The van der Waals surface area contributed by atoms with Crippen LogP contribution in [0.2, 0.25) is 0 Å². The highest BCUT2D eigenvalue weighted by Gasteiger charge is 2.24.